The second-order valence-electron chi connectivity index (χ2n) is 7.04. The maximum Gasteiger partial charge on any atom is 0.269 e. The minimum atomic E-state index is -0.101. The second kappa shape index (κ2) is 7.86. The lowest BCUT2D eigenvalue weighted by molar-refractivity contribution is 0.0900. The number of benzene rings is 2. The minimum Gasteiger partial charge on any atom is -0.497 e. The Morgan fingerprint density at radius 3 is 2.82 bits per heavy atom. The van der Waals surface area contributed by atoms with Crippen molar-refractivity contribution >= 4 is 5.91 Å². The van der Waals surface area contributed by atoms with Crippen LogP contribution in [-0.4, -0.2) is 35.9 Å². The van der Waals surface area contributed by atoms with Crippen molar-refractivity contribution in [3.8, 4) is 17.0 Å². The molecule has 0 spiro atoms. The second-order valence-corrected chi connectivity index (χ2v) is 7.04. The molecule has 1 amide bonds. The summed E-state index contributed by atoms with van der Waals surface area (Å²) in [5.41, 5.74) is 3.53. The molecule has 0 radical (unpaired) electrons. The molecule has 4 rings (SSSR count). The molecule has 0 unspecified atom stereocenters. The number of fused-ring (bicyclic) bond motifs is 1. The molecule has 0 fully saturated rings. The first-order chi connectivity index (χ1) is 13.7. The molecule has 6 heteroatoms. The van der Waals surface area contributed by atoms with E-state index in [0.717, 1.165) is 23.6 Å². The zero-order chi connectivity index (χ0) is 19.5. The van der Waals surface area contributed by atoms with Gasteiger partial charge in [-0.25, -0.2) is 4.68 Å². The first-order valence-electron chi connectivity index (χ1n) is 9.46. The number of hydrogen-bond donors (Lipinski definition) is 2. The first-order valence-corrected chi connectivity index (χ1v) is 9.46. The molecule has 1 aliphatic heterocycles. The summed E-state index contributed by atoms with van der Waals surface area (Å²) < 4.78 is 7.10. The zero-order valence-electron chi connectivity index (χ0n) is 16.1. The number of carbonyl (C=O) groups excluding carboxylic acids is 1. The number of ether oxygens (including phenoxy) is 1. The molecule has 2 atom stereocenters. The van der Waals surface area contributed by atoms with Crippen LogP contribution in [0.5, 0.6) is 5.75 Å². The maximum absolute atomic E-state index is 12.3. The van der Waals surface area contributed by atoms with Crippen LogP contribution < -0.4 is 15.4 Å². The largest absolute Gasteiger partial charge is 0.497 e. The third-order valence-electron chi connectivity index (χ3n) is 5.11. The Labute approximate surface area is 164 Å². The van der Waals surface area contributed by atoms with E-state index in [-0.39, 0.29) is 12.1 Å². The monoisotopic (exact) mass is 376 g/mol. The van der Waals surface area contributed by atoms with E-state index < -0.39 is 0 Å². The molecule has 2 heterocycles. The van der Waals surface area contributed by atoms with E-state index in [1.165, 1.54) is 5.56 Å². The van der Waals surface area contributed by atoms with E-state index in [2.05, 4.69) is 41.8 Å². The van der Waals surface area contributed by atoms with E-state index in [4.69, 9.17) is 9.84 Å². The van der Waals surface area contributed by atoms with E-state index in [0.29, 0.717) is 18.2 Å². The molecule has 2 N–H and O–H groups in total. The van der Waals surface area contributed by atoms with Gasteiger partial charge in [-0.1, -0.05) is 49.4 Å². The van der Waals surface area contributed by atoms with Crippen LogP contribution in [0, 0.1) is 0 Å². The van der Waals surface area contributed by atoms with Gasteiger partial charge in [-0.15, -0.1) is 0 Å². The van der Waals surface area contributed by atoms with E-state index in [1.807, 2.05) is 36.4 Å². The van der Waals surface area contributed by atoms with Gasteiger partial charge in [0, 0.05) is 12.1 Å². The fourth-order valence-corrected chi connectivity index (χ4v) is 3.46. The molecule has 144 valence electrons. The molecular formula is C22H24N4O2. The van der Waals surface area contributed by atoms with Gasteiger partial charge in [-0.2, -0.15) is 5.10 Å². The summed E-state index contributed by atoms with van der Waals surface area (Å²) in [7, 11) is 1.64. The van der Waals surface area contributed by atoms with Crippen LogP contribution in [0.1, 0.15) is 35.1 Å². The summed E-state index contributed by atoms with van der Waals surface area (Å²) in [5, 5.41) is 11.2. The van der Waals surface area contributed by atoms with Gasteiger partial charge in [-0.3, -0.25) is 10.1 Å². The van der Waals surface area contributed by atoms with Crippen LogP contribution in [0.25, 0.3) is 11.3 Å². The summed E-state index contributed by atoms with van der Waals surface area (Å²) in [5.74, 6) is 1.02. The van der Waals surface area contributed by atoms with Gasteiger partial charge < -0.3 is 10.1 Å². The predicted octanol–water partition coefficient (Wildman–Crippen LogP) is 3.19. The third-order valence-corrected chi connectivity index (χ3v) is 5.11. The standard InChI is InChI=1S/C22H24N4O2/c1-15(16-7-4-3-5-8-16)13-23-21-14-24-22(27)20-12-19(25-26(20)21)17-9-6-10-18(11-17)28-2/h3-12,15,21,23H,13-14H2,1-2H3,(H,24,27)/t15-,21-/m0/s1. The molecule has 0 saturated heterocycles. The smallest absolute Gasteiger partial charge is 0.269 e. The number of nitrogens with one attached hydrogen (secondary N) is 2. The van der Waals surface area contributed by atoms with Gasteiger partial charge >= 0.3 is 0 Å². The van der Waals surface area contributed by atoms with Gasteiger partial charge in [0.25, 0.3) is 5.91 Å². The van der Waals surface area contributed by atoms with Crippen molar-refractivity contribution in [3.63, 3.8) is 0 Å². The van der Waals surface area contributed by atoms with Crippen LogP contribution in [-0.2, 0) is 0 Å². The fraction of sp³-hybridized carbons (Fsp3) is 0.273. The average molecular weight is 376 g/mol. The van der Waals surface area contributed by atoms with Crippen molar-refractivity contribution < 1.29 is 9.53 Å². The number of carbonyl (C=O) groups is 1. The Kier molecular flexibility index (Phi) is 5.12. The molecule has 28 heavy (non-hydrogen) atoms. The highest BCUT2D eigenvalue weighted by molar-refractivity contribution is 5.94. The molecule has 2 aromatic carbocycles. The van der Waals surface area contributed by atoms with Gasteiger partial charge in [0.05, 0.1) is 19.3 Å². The van der Waals surface area contributed by atoms with Crippen LogP contribution in [0.3, 0.4) is 0 Å². The Bertz CT molecular complexity index is 968. The number of aromatic nitrogens is 2. The third kappa shape index (κ3) is 3.64. The van der Waals surface area contributed by atoms with E-state index in [1.54, 1.807) is 11.8 Å². The van der Waals surface area contributed by atoms with Crippen molar-refractivity contribution in [2.75, 3.05) is 20.2 Å². The molecule has 0 aliphatic carbocycles. The summed E-state index contributed by atoms with van der Waals surface area (Å²) >= 11 is 0. The van der Waals surface area contributed by atoms with Crippen molar-refractivity contribution in [1.29, 1.82) is 0 Å². The lowest BCUT2D eigenvalue weighted by atomic mass is 10.0. The van der Waals surface area contributed by atoms with Crippen LogP contribution >= 0.6 is 0 Å². The molecule has 6 nitrogen and oxygen atoms in total. The summed E-state index contributed by atoms with van der Waals surface area (Å²) in [6.07, 6.45) is -0.0850. The maximum atomic E-state index is 12.3. The van der Waals surface area contributed by atoms with Crippen molar-refractivity contribution in [2.45, 2.75) is 19.0 Å². The zero-order valence-corrected chi connectivity index (χ0v) is 16.1. The number of rotatable bonds is 6. The van der Waals surface area contributed by atoms with Gasteiger partial charge in [0.15, 0.2) is 0 Å². The van der Waals surface area contributed by atoms with Gasteiger partial charge in [0.2, 0.25) is 0 Å². The minimum absolute atomic E-state index is 0.0850. The topological polar surface area (TPSA) is 68.2 Å². The summed E-state index contributed by atoms with van der Waals surface area (Å²) in [4.78, 5) is 12.3. The molecule has 1 aromatic heterocycles. The Balaban J connectivity index is 1.55. The molecule has 3 aromatic rings. The number of nitrogens with zero attached hydrogens (tertiary/aromatic N) is 2. The highest BCUT2D eigenvalue weighted by atomic mass is 16.5. The number of methoxy groups -OCH3 is 1. The average Bonchev–Trinajstić information content (AvgIpc) is 3.20. The Morgan fingerprint density at radius 2 is 2.04 bits per heavy atom. The predicted molar refractivity (Wildman–Crippen MR) is 108 cm³/mol. The molecule has 0 bridgehead atoms. The van der Waals surface area contributed by atoms with E-state index >= 15 is 0 Å². The van der Waals surface area contributed by atoms with Gasteiger partial charge in [0.1, 0.15) is 17.6 Å². The highest BCUT2D eigenvalue weighted by Crippen LogP contribution is 2.26. The summed E-state index contributed by atoms with van der Waals surface area (Å²) in [6.45, 7) is 3.49. The Morgan fingerprint density at radius 1 is 1.21 bits per heavy atom. The van der Waals surface area contributed by atoms with E-state index in [9.17, 15) is 4.79 Å². The molecule has 0 saturated carbocycles. The normalized spacial score (nSPS) is 16.9. The van der Waals surface area contributed by atoms with Crippen LogP contribution in [0.15, 0.2) is 60.7 Å². The summed E-state index contributed by atoms with van der Waals surface area (Å²) in [6, 6.07) is 19.9. The molecular weight excluding hydrogens is 352 g/mol. The van der Waals surface area contributed by atoms with Crippen LogP contribution in [0.2, 0.25) is 0 Å². The lowest BCUT2D eigenvalue weighted by Crippen LogP contribution is -2.46. The first kappa shape index (κ1) is 18.3. The quantitative estimate of drug-likeness (QED) is 0.693. The molecule has 1 aliphatic rings. The number of hydrogen-bond acceptors (Lipinski definition) is 4. The van der Waals surface area contributed by atoms with Crippen LogP contribution in [0.4, 0.5) is 0 Å². The fourth-order valence-electron chi connectivity index (χ4n) is 3.46. The van der Waals surface area contributed by atoms with Crippen molar-refractivity contribution in [2.24, 2.45) is 0 Å². The number of amides is 1. The Hall–Kier alpha value is -3.12. The highest BCUT2D eigenvalue weighted by Gasteiger charge is 2.27. The van der Waals surface area contributed by atoms with Gasteiger partial charge in [-0.05, 0) is 29.7 Å². The SMILES string of the molecule is COc1cccc(-c2cc3n(n2)[C@H](NC[C@H](C)c2ccccc2)CNC3=O)c1. The van der Waals surface area contributed by atoms with Crippen molar-refractivity contribution in [3.05, 3.63) is 71.9 Å². The van der Waals surface area contributed by atoms with Crippen molar-refractivity contribution in [1.82, 2.24) is 20.4 Å². The lowest BCUT2D eigenvalue weighted by Gasteiger charge is -2.27.